The zero-order chi connectivity index (χ0) is 20.4. The molecule has 0 unspecified atom stereocenters. The first-order chi connectivity index (χ1) is 13.5. The van der Waals surface area contributed by atoms with Crippen molar-refractivity contribution in [2.45, 2.75) is 32.2 Å². The fourth-order valence-electron chi connectivity index (χ4n) is 2.86. The van der Waals surface area contributed by atoms with Gasteiger partial charge in [0.05, 0.1) is 18.2 Å². The maximum absolute atomic E-state index is 11.7. The molecule has 28 heavy (non-hydrogen) atoms. The third kappa shape index (κ3) is 7.28. The van der Waals surface area contributed by atoms with Crippen LogP contribution in [-0.2, 0) is 4.74 Å². The highest BCUT2D eigenvalue weighted by atomic mass is 35.5. The highest BCUT2D eigenvalue weighted by Crippen LogP contribution is 2.27. The number of benzene rings is 1. The molecule has 2 N–H and O–H groups in total. The van der Waals surface area contributed by atoms with Crippen molar-refractivity contribution >= 4 is 35.3 Å². The number of rotatable bonds is 7. The molecule has 156 valence electrons. The van der Waals surface area contributed by atoms with E-state index in [-0.39, 0.29) is 12.1 Å². The van der Waals surface area contributed by atoms with Crippen LogP contribution in [0.2, 0.25) is 10.0 Å². The summed E-state index contributed by atoms with van der Waals surface area (Å²) in [5.41, 5.74) is 0. The molecule has 0 spiro atoms. The molecule has 1 aliphatic rings. The Hall–Kier alpha value is -1.86. The molecule has 1 heterocycles. The predicted octanol–water partition coefficient (Wildman–Crippen LogP) is 3.55. The van der Waals surface area contributed by atoms with Crippen LogP contribution >= 0.6 is 23.2 Å². The molecule has 1 aromatic carbocycles. The lowest BCUT2D eigenvalue weighted by Crippen LogP contribution is -2.50. The highest BCUT2D eigenvalue weighted by Gasteiger charge is 2.23. The number of amides is 1. The van der Waals surface area contributed by atoms with Crippen molar-refractivity contribution in [2.75, 3.05) is 39.9 Å². The lowest BCUT2D eigenvalue weighted by atomic mass is 10.1. The van der Waals surface area contributed by atoms with Gasteiger partial charge in [0.15, 0.2) is 5.96 Å². The molecule has 1 fully saturated rings. The smallest absolute Gasteiger partial charge is 0.409 e. The Labute approximate surface area is 176 Å². The Morgan fingerprint density at radius 1 is 1.32 bits per heavy atom. The number of carbonyl (C=O) groups excluding carboxylic acids is 1. The van der Waals surface area contributed by atoms with Crippen molar-refractivity contribution in [3.63, 3.8) is 0 Å². The molecule has 0 aromatic heterocycles. The molecule has 1 aromatic rings. The van der Waals surface area contributed by atoms with Crippen molar-refractivity contribution in [3.05, 3.63) is 28.2 Å². The molecular weight excluding hydrogens is 403 g/mol. The summed E-state index contributed by atoms with van der Waals surface area (Å²) in [6.07, 6.45) is 2.28. The van der Waals surface area contributed by atoms with Crippen LogP contribution in [-0.4, -0.2) is 62.9 Å². The molecule has 1 amide bonds. The zero-order valence-corrected chi connectivity index (χ0v) is 17.9. The van der Waals surface area contributed by atoms with E-state index in [2.05, 4.69) is 15.6 Å². The lowest BCUT2D eigenvalue weighted by Gasteiger charge is -2.32. The van der Waals surface area contributed by atoms with Gasteiger partial charge in [0.1, 0.15) is 5.75 Å². The Morgan fingerprint density at radius 2 is 2.07 bits per heavy atom. The highest BCUT2D eigenvalue weighted by molar-refractivity contribution is 6.35. The van der Waals surface area contributed by atoms with Crippen LogP contribution in [0.15, 0.2) is 23.2 Å². The Balaban J connectivity index is 1.63. The number of ether oxygens (including phenoxy) is 2. The summed E-state index contributed by atoms with van der Waals surface area (Å²) < 4.78 is 10.7. The van der Waals surface area contributed by atoms with Gasteiger partial charge in [-0.2, -0.15) is 0 Å². The summed E-state index contributed by atoms with van der Waals surface area (Å²) in [4.78, 5) is 17.8. The number of likely N-dealkylation sites (tertiary alicyclic amines) is 1. The molecule has 9 heteroatoms. The summed E-state index contributed by atoms with van der Waals surface area (Å²) >= 11 is 12.0. The predicted molar refractivity (Wildman–Crippen MR) is 113 cm³/mol. The zero-order valence-electron chi connectivity index (χ0n) is 16.3. The fraction of sp³-hybridized carbons (Fsp3) is 0.579. The maximum atomic E-state index is 11.7. The Morgan fingerprint density at radius 3 is 2.71 bits per heavy atom. The minimum atomic E-state index is -0.232. The van der Waals surface area contributed by atoms with Crippen molar-refractivity contribution < 1.29 is 14.3 Å². The van der Waals surface area contributed by atoms with Crippen LogP contribution < -0.4 is 15.4 Å². The second-order valence-corrected chi connectivity index (χ2v) is 7.22. The second-order valence-electron chi connectivity index (χ2n) is 6.38. The van der Waals surface area contributed by atoms with Crippen molar-refractivity contribution in [3.8, 4) is 5.75 Å². The molecule has 2 rings (SSSR count). The second kappa shape index (κ2) is 11.9. The number of hydrogen-bond donors (Lipinski definition) is 2. The van der Waals surface area contributed by atoms with Crippen LogP contribution in [0.1, 0.15) is 26.2 Å². The summed E-state index contributed by atoms with van der Waals surface area (Å²) in [5, 5.41) is 7.78. The summed E-state index contributed by atoms with van der Waals surface area (Å²) in [6.45, 7) is 4.83. The van der Waals surface area contributed by atoms with Crippen LogP contribution in [0.5, 0.6) is 5.75 Å². The van der Waals surface area contributed by atoms with Gasteiger partial charge in [0.25, 0.3) is 0 Å². The van der Waals surface area contributed by atoms with E-state index in [4.69, 9.17) is 32.7 Å². The number of halogens is 2. The summed E-state index contributed by atoms with van der Waals surface area (Å²) in [7, 11) is 1.74. The number of nitrogens with zero attached hydrogens (tertiary/aromatic N) is 2. The van der Waals surface area contributed by atoms with Gasteiger partial charge in [-0.3, -0.25) is 4.99 Å². The van der Waals surface area contributed by atoms with Gasteiger partial charge in [0, 0.05) is 37.7 Å². The average molecular weight is 431 g/mol. The number of aliphatic imine (C=N–C) groups is 1. The number of nitrogens with one attached hydrogen (secondary N) is 2. The van der Waals surface area contributed by atoms with Gasteiger partial charge in [-0.1, -0.05) is 23.2 Å². The summed E-state index contributed by atoms with van der Waals surface area (Å²) in [6, 6.07) is 5.46. The fourth-order valence-corrected chi connectivity index (χ4v) is 3.33. The molecule has 1 saturated heterocycles. The van der Waals surface area contributed by atoms with Gasteiger partial charge in [-0.25, -0.2) is 4.79 Å². The number of hydrogen-bond acceptors (Lipinski definition) is 4. The van der Waals surface area contributed by atoms with Gasteiger partial charge in [-0.05, 0) is 44.4 Å². The van der Waals surface area contributed by atoms with Crippen molar-refractivity contribution in [2.24, 2.45) is 4.99 Å². The van der Waals surface area contributed by atoms with Crippen molar-refractivity contribution in [1.29, 1.82) is 0 Å². The minimum Gasteiger partial charge on any atom is -0.492 e. The maximum Gasteiger partial charge on any atom is 0.409 e. The third-order valence-corrected chi connectivity index (χ3v) is 4.88. The quantitative estimate of drug-likeness (QED) is 0.393. The van der Waals surface area contributed by atoms with E-state index in [1.165, 1.54) is 0 Å². The molecule has 0 aliphatic carbocycles. The first-order valence-electron chi connectivity index (χ1n) is 9.50. The van der Waals surface area contributed by atoms with E-state index < -0.39 is 0 Å². The molecular formula is C19H28Cl2N4O3. The number of piperidine rings is 1. The number of carbonyl (C=O) groups is 1. The largest absolute Gasteiger partial charge is 0.492 e. The normalized spacial score (nSPS) is 15.3. The van der Waals surface area contributed by atoms with E-state index in [0.717, 1.165) is 25.2 Å². The Bertz CT molecular complexity index is 665. The number of guanidine groups is 1. The molecule has 1 aliphatic heterocycles. The van der Waals surface area contributed by atoms with E-state index in [9.17, 15) is 4.79 Å². The van der Waals surface area contributed by atoms with E-state index >= 15 is 0 Å². The molecule has 7 nitrogen and oxygen atoms in total. The van der Waals surface area contributed by atoms with Gasteiger partial charge in [0.2, 0.25) is 0 Å². The van der Waals surface area contributed by atoms with E-state index in [0.29, 0.717) is 48.6 Å². The van der Waals surface area contributed by atoms with Gasteiger partial charge >= 0.3 is 6.09 Å². The average Bonchev–Trinajstić information content (AvgIpc) is 2.69. The molecule has 0 saturated carbocycles. The van der Waals surface area contributed by atoms with E-state index in [1.54, 1.807) is 30.1 Å². The van der Waals surface area contributed by atoms with Gasteiger partial charge < -0.3 is 25.0 Å². The van der Waals surface area contributed by atoms with Crippen LogP contribution in [0.25, 0.3) is 0 Å². The third-order valence-electron chi connectivity index (χ3n) is 4.35. The Kier molecular flexibility index (Phi) is 9.50. The first-order valence-corrected chi connectivity index (χ1v) is 10.3. The summed E-state index contributed by atoms with van der Waals surface area (Å²) in [5.74, 6) is 1.38. The first kappa shape index (κ1) is 22.4. The van der Waals surface area contributed by atoms with Crippen molar-refractivity contribution in [1.82, 2.24) is 15.5 Å². The molecule has 0 atom stereocenters. The SMILES string of the molecule is CCOC(=O)N1CCC(NC(=NC)NCCCOc2ccc(Cl)cc2Cl)CC1. The molecule has 0 bridgehead atoms. The van der Waals surface area contributed by atoms with Gasteiger partial charge in [-0.15, -0.1) is 0 Å². The van der Waals surface area contributed by atoms with Crippen LogP contribution in [0.3, 0.4) is 0 Å². The molecule has 0 radical (unpaired) electrons. The lowest BCUT2D eigenvalue weighted by molar-refractivity contribution is 0.0963. The minimum absolute atomic E-state index is 0.232. The topological polar surface area (TPSA) is 75.2 Å². The van der Waals surface area contributed by atoms with E-state index in [1.807, 2.05) is 6.92 Å². The monoisotopic (exact) mass is 430 g/mol. The standard InChI is InChI=1S/C19H28Cl2N4O3/c1-3-27-19(26)25-10-7-15(8-11-25)24-18(22-2)23-9-4-12-28-17-6-5-14(20)13-16(17)21/h5-6,13,15H,3-4,7-12H2,1-2H3,(H2,22,23,24). The van der Waals surface area contributed by atoms with Crippen LogP contribution in [0.4, 0.5) is 4.79 Å². The van der Waals surface area contributed by atoms with Crippen LogP contribution in [0, 0.1) is 0 Å².